The maximum atomic E-state index is 12.7. The van der Waals surface area contributed by atoms with Crippen LogP contribution in [0.3, 0.4) is 0 Å². The third-order valence-electron chi connectivity index (χ3n) is 1.30. The molecule has 1 aromatic carbocycles. The molecule has 0 atom stereocenters. The molecule has 1 aromatic rings. The molecule has 1 rings (SSSR count). The Bertz CT molecular complexity index is 275. The first-order valence-corrected chi connectivity index (χ1v) is 3.68. The molecule has 0 aliphatic heterocycles. The monoisotopic (exact) mass is 222 g/mol. The smallest absolute Gasteiger partial charge is 0.179 e. The third kappa shape index (κ3) is 1.50. The summed E-state index contributed by atoms with van der Waals surface area (Å²) in [5, 5.41) is 8.93. The van der Waals surface area contributed by atoms with Crippen molar-refractivity contribution in [3.63, 3.8) is 0 Å². The van der Waals surface area contributed by atoms with Gasteiger partial charge in [-0.2, -0.15) is 0 Å². The van der Waals surface area contributed by atoms with Crippen LogP contribution in [-0.2, 0) is 6.67 Å². The summed E-state index contributed by atoms with van der Waals surface area (Å²) in [5.74, 6) is -1.44. The van der Waals surface area contributed by atoms with Crippen LogP contribution in [0.2, 0.25) is 0 Å². The molecule has 0 aromatic heterocycles. The van der Waals surface area contributed by atoms with E-state index in [1.807, 2.05) is 0 Å². The van der Waals surface area contributed by atoms with Gasteiger partial charge in [-0.3, -0.25) is 0 Å². The summed E-state index contributed by atoms with van der Waals surface area (Å²) in [6, 6.07) is 2.67. The van der Waals surface area contributed by atoms with Gasteiger partial charge >= 0.3 is 0 Å². The summed E-state index contributed by atoms with van der Waals surface area (Å²) < 4.78 is 24.8. The number of alkyl halides is 1. The van der Waals surface area contributed by atoms with E-state index in [1.165, 1.54) is 12.1 Å². The zero-order valence-electron chi connectivity index (χ0n) is 5.44. The number of rotatable bonds is 1. The van der Waals surface area contributed by atoms with Gasteiger partial charge in [0.25, 0.3) is 0 Å². The van der Waals surface area contributed by atoms with Crippen molar-refractivity contribution < 1.29 is 13.9 Å². The summed E-state index contributed by atoms with van der Waals surface area (Å²) in [5.41, 5.74) is -0.0364. The van der Waals surface area contributed by atoms with E-state index < -0.39 is 18.2 Å². The molecule has 0 unspecified atom stereocenters. The molecule has 11 heavy (non-hydrogen) atoms. The highest BCUT2D eigenvalue weighted by Crippen LogP contribution is 2.28. The van der Waals surface area contributed by atoms with E-state index in [1.54, 1.807) is 0 Å². The van der Waals surface area contributed by atoms with Crippen molar-refractivity contribution in [2.75, 3.05) is 0 Å². The quantitative estimate of drug-likeness (QED) is 0.775. The Hall–Kier alpha value is -0.640. The topological polar surface area (TPSA) is 20.2 Å². The maximum Gasteiger partial charge on any atom is 0.179 e. The normalized spacial score (nSPS) is 10.1. The summed E-state index contributed by atoms with van der Waals surface area (Å²) in [6.07, 6.45) is 0. The SMILES string of the molecule is Oc1c(CF)ccc(Br)c1F. The van der Waals surface area contributed by atoms with Gasteiger partial charge in [0.1, 0.15) is 6.67 Å². The average Bonchev–Trinajstić information content (AvgIpc) is 2.01. The Morgan fingerprint density at radius 3 is 2.64 bits per heavy atom. The molecule has 4 heteroatoms. The molecule has 0 aliphatic rings. The first-order valence-electron chi connectivity index (χ1n) is 2.88. The predicted molar refractivity (Wildman–Crippen MR) is 40.6 cm³/mol. The second-order valence-corrected chi connectivity index (χ2v) is 2.86. The third-order valence-corrected chi connectivity index (χ3v) is 1.91. The van der Waals surface area contributed by atoms with Gasteiger partial charge in [0, 0.05) is 5.56 Å². The highest BCUT2D eigenvalue weighted by Gasteiger charge is 2.09. The fourth-order valence-corrected chi connectivity index (χ4v) is 1.01. The van der Waals surface area contributed by atoms with E-state index in [9.17, 15) is 8.78 Å². The number of halogens is 3. The molecule has 0 spiro atoms. The molecule has 1 N–H and O–H groups in total. The van der Waals surface area contributed by atoms with E-state index in [0.29, 0.717) is 0 Å². The Morgan fingerprint density at radius 1 is 1.45 bits per heavy atom. The van der Waals surface area contributed by atoms with Gasteiger partial charge in [0.2, 0.25) is 0 Å². The molecule has 60 valence electrons. The molecule has 0 radical (unpaired) electrons. The average molecular weight is 223 g/mol. The lowest BCUT2D eigenvalue weighted by atomic mass is 10.2. The van der Waals surface area contributed by atoms with Gasteiger partial charge < -0.3 is 5.11 Å². The molecular weight excluding hydrogens is 218 g/mol. The van der Waals surface area contributed by atoms with Crippen LogP contribution in [-0.4, -0.2) is 5.11 Å². The number of benzene rings is 1. The van der Waals surface area contributed by atoms with E-state index in [4.69, 9.17) is 5.11 Å². The minimum Gasteiger partial charge on any atom is -0.505 e. The number of hydrogen-bond acceptors (Lipinski definition) is 1. The minimum atomic E-state index is -0.865. The molecule has 0 heterocycles. The van der Waals surface area contributed by atoms with Crippen LogP contribution in [0.1, 0.15) is 5.56 Å². The lowest BCUT2D eigenvalue weighted by molar-refractivity contribution is 0.402. The van der Waals surface area contributed by atoms with Crippen molar-refractivity contribution in [3.8, 4) is 5.75 Å². The first kappa shape index (κ1) is 8.46. The number of phenols is 1. The molecule has 0 saturated carbocycles. The summed E-state index contributed by atoms with van der Waals surface area (Å²) in [4.78, 5) is 0. The van der Waals surface area contributed by atoms with Crippen LogP contribution in [0.15, 0.2) is 16.6 Å². The zero-order valence-corrected chi connectivity index (χ0v) is 7.03. The lowest BCUT2D eigenvalue weighted by Crippen LogP contribution is -1.85. The van der Waals surface area contributed by atoms with Gasteiger partial charge in [-0.1, -0.05) is 6.07 Å². The summed E-state index contributed by atoms with van der Waals surface area (Å²) in [7, 11) is 0. The van der Waals surface area contributed by atoms with Crippen molar-refractivity contribution in [1.82, 2.24) is 0 Å². The Balaban J connectivity index is 3.25. The van der Waals surface area contributed by atoms with Crippen molar-refractivity contribution in [1.29, 1.82) is 0 Å². The predicted octanol–water partition coefficient (Wildman–Crippen LogP) is 2.76. The highest BCUT2D eigenvalue weighted by atomic mass is 79.9. The van der Waals surface area contributed by atoms with Gasteiger partial charge in [-0.05, 0) is 22.0 Å². The second-order valence-electron chi connectivity index (χ2n) is 2.00. The highest BCUT2D eigenvalue weighted by molar-refractivity contribution is 9.10. The van der Waals surface area contributed by atoms with Gasteiger partial charge in [0.15, 0.2) is 11.6 Å². The van der Waals surface area contributed by atoms with E-state index in [-0.39, 0.29) is 10.0 Å². The van der Waals surface area contributed by atoms with E-state index >= 15 is 0 Å². The van der Waals surface area contributed by atoms with Crippen molar-refractivity contribution in [2.45, 2.75) is 6.67 Å². The molecule has 0 bridgehead atoms. The summed E-state index contributed by atoms with van der Waals surface area (Å²) in [6.45, 7) is -0.865. The fourth-order valence-electron chi connectivity index (χ4n) is 0.688. The van der Waals surface area contributed by atoms with Crippen LogP contribution in [0, 0.1) is 5.82 Å². The maximum absolute atomic E-state index is 12.7. The number of hydrogen-bond donors (Lipinski definition) is 1. The lowest BCUT2D eigenvalue weighted by Gasteiger charge is -2.01. The van der Waals surface area contributed by atoms with Crippen LogP contribution >= 0.6 is 15.9 Å². The summed E-state index contributed by atoms with van der Waals surface area (Å²) >= 11 is 2.85. The van der Waals surface area contributed by atoms with Crippen molar-refractivity contribution in [2.24, 2.45) is 0 Å². The molecular formula is C7H5BrF2O. The van der Waals surface area contributed by atoms with Crippen molar-refractivity contribution >= 4 is 15.9 Å². The van der Waals surface area contributed by atoms with Gasteiger partial charge in [-0.25, -0.2) is 8.78 Å². The largest absolute Gasteiger partial charge is 0.505 e. The minimum absolute atomic E-state index is 0.0364. The van der Waals surface area contributed by atoms with Crippen LogP contribution < -0.4 is 0 Å². The van der Waals surface area contributed by atoms with Crippen LogP contribution in [0.25, 0.3) is 0 Å². The molecule has 0 fully saturated rings. The number of aromatic hydroxyl groups is 1. The van der Waals surface area contributed by atoms with E-state index in [0.717, 1.165) is 0 Å². The van der Waals surface area contributed by atoms with Gasteiger partial charge in [0.05, 0.1) is 4.47 Å². The van der Waals surface area contributed by atoms with Crippen LogP contribution in [0.4, 0.5) is 8.78 Å². The molecule has 0 aliphatic carbocycles. The standard InChI is InChI=1S/C7H5BrF2O/c8-5-2-1-4(3-9)7(11)6(5)10/h1-2,11H,3H2. The second kappa shape index (κ2) is 3.17. The zero-order chi connectivity index (χ0) is 8.43. The molecule has 1 nitrogen and oxygen atoms in total. The Kier molecular flexibility index (Phi) is 2.44. The number of phenolic OH excluding ortho intramolecular Hbond substituents is 1. The van der Waals surface area contributed by atoms with E-state index in [2.05, 4.69) is 15.9 Å². The van der Waals surface area contributed by atoms with Gasteiger partial charge in [-0.15, -0.1) is 0 Å². The van der Waals surface area contributed by atoms with Crippen LogP contribution in [0.5, 0.6) is 5.75 Å². The molecule has 0 saturated heterocycles. The fraction of sp³-hybridized carbons (Fsp3) is 0.143. The molecule has 0 amide bonds. The van der Waals surface area contributed by atoms with Crippen molar-refractivity contribution in [3.05, 3.63) is 28.0 Å². The Labute approximate surface area is 70.8 Å². The first-order chi connectivity index (χ1) is 5.16. The Morgan fingerprint density at radius 2 is 2.09 bits per heavy atom.